The lowest BCUT2D eigenvalue weighted by molar-refractivity contribution is -0.918. The van der Waals surface area contributed by atoms with Gasteiger partial charge in [-0.15, -0.1) is 0 Å². The highest BCUT2D eigenvalue weighted by Crippen LogP contribution is 2.35. The summed E-state index contributed by atoms with van der Waals surface area (Å²) < 4.78 is 5.46. The van der Waals surface area contributed by atoms with Crippen LogP contribution in [0.4, 0.5) is 0 Å². The monoisotopic (exact) mass is 350 g/mol. The third-order valence-electron chi connectivity index (χ3n) is 5.40. The minimum absolute atomic E-state index is 0.254. The van der Waals surface area contributed by atoms with Crippen molar-refractivity contribution in [3.63, 3.8) is 0 Å². The zero-order chi connectivity index (χ0) is 18.1. The summed E-state index contributed by atoms with van der Waals surface area (Å²) in [7, 11) is 0. The summed E-state index contributed by atoms with van der Waals surface area (Å²) in [6.07, 6.45) is 3.79. The van der Waals surface area contributed by atoms with Gasteiger partial charge in [0.25, 0.3) is 0 Å². The van der Waals surface area contributed by atoms with Crippen molar-refractivity contribution in [1.29, 1.82) is 0 Å². The lowest BCUT2D eigenvalue weighted by Gasteiger charge is -2.24. The van der Waals surface area contributed by atoms with Crippen molar-refractivity contribution in [2.75, 3.05) is 13.1 Å². The van der Waals surface area contributed by atoms with E-state index in [0.717, 1.165) is 41.7 Å². The molecular formula is C22H24NO3+. The summed E-state index contributed by atoms with van der Waals surface area (Å²) in [4.78, 5) is 13.6. The first kappa shape index (κ1) is 16.9. The highest BCUT2D eigenvalue weighted by atomic mass is 16.4. The van der Waals surface area contributed by atoms with Gasteiger partial charge in [-0.25, -0.2) is 4.79 Å². The highest BCUT2D eigenvalue weighted by molar-refractivity contribution is 5.96. The van der Waals surface area contributed by atoms with Crippen LogP contribution in [0.5, 0.6) is 5.75 Å². The molecule has 4 heteroatoms. The van der Waals surface area contributed by atoms with Gasteiger partial charge in [-0.3, -0.25) is 0 Å². The standard InChI is InChI=1S/C22H23NO3/c1-15-21(25)17(14-23-10-6-3-7-11-23)12-19-18(13-20(24)26-22(15)19)16-8-4-2-5-9-16/h2,4-5,8-9,12-13,25H,3,6-7,10-11,14H2,1H3/p+1. The van der Waals surface area contributed by atoms with E-state index in [1.54, 1.807) is 6.07 Å². The Labute approximate surface area is 152 Å². The van der Waals surface area contributed by atoms with E-state index in [-0.39, 0.29) is 5.75 Å². The topological polar surface area (TPSA) is 54.9 Å². The minimum Gasteiger partial charge on any atom is -0.507 e. The molecule has 2 N–H and O–H groups in total. The summed E-state index contributed by atoms with van der Waals surface area (Å²) in [5, 5.41) is 11.6. The lowest BCUT2D eigenvalue weighted by Crippen LogP contribution is -3.11. The first-order valence-electron chi connectivity index (χ1n) is 9.32. The molecule has 1 aliphatic rings. The first-order chi connectivity index (χ1) is 12.6. The van der Waals surface area contributed by atoms with Gasteiger partial charge in [0.05, 0.1) is 13.1 Å². The molecule has 1 saturated heterocycles. The maximum absolute atomic E-state index is 12.1. The second kappa shape index (κ2) is 6.96. The number of phenols is 1. The molecule has 4 rings (SSSR count). The molecule has 1 aromatic heterocycles. The van der Waals surface area contributed by atoms with Gasteiger partial charge < -0.3 is 14.4 Å². The number of hydrogen-bond donors (Lipinski definition) is 2. The van der Waals surface area contributed by atoms with E-state index in [1.807, 2.05) is 43.3 Å². The van der Waals surface area contributed by atoms with Crippen molar-refractivity contribution in [1.82, 2.24) is 0 Å². The highest BCUT2D eigenvalue weighted by Gasteiger charge is 2.20. The van der Waals surface area contributed by atoms with Gasteiger partial charge in [0.2, 0.25) is 0 Å². The van der Waals surface area contributed by atoms with Crippen LogP contribution in [-0.2, 0) is 6.54 Å². The summed E-state index contributed by atoms with van der Waals surface area (Å²) in [6.45, 7) is 4.91. The van der Waals surface area contributed by atoms with Crippen molar-refractivity contribution in [3.8, 4) is 16.9 Å². The van der Waals surface area contributed by atoms with Crippen LogP contribution < -0.4 is 10.5 Å². The van der Waals surface area contributed by atoms with E-state index in [9.17, 15) is 9.90 Å². The Bertz CT molecular complexity index is 986. The maximum Gasteiger partial charge on any atom is 0.336 e. The quantitative estimate of drug-likeness (QED) is 0.714. The van der Waals surface area contributed by atoms with Crippen molar-refractivity contribution in [3.05, 3.63) is 64.0 Å². The molecule has 134 valence electrons. The molecule has 2 heterocycles. The molecule has 0 radical (unpaired) electrons. The van der Waals surface area contributed by atoms with Crippen LogP contribution in [0.15, 0.2) is 51.7 Å². The first-order valence-corrected chi connectivity index (χ1v) is 9.32. The number of likely N-dealkylation sites (tertiary alicyclic amines) is 1. The van der Waals surface area contributed by atoms with Crippen LogP contribution in [0.2, 0.25) is 0 Å². The number of piperidine rings is 1. The Hall–Kier alpha value is -2.59. The molecule has 0 amide bonds. The maximum atomic E-state index is 12.1. The molecule has 0 unspecified atom stereocenters. The molecular weight excluding hydrogens is 326 g/mol. The summed E-state index contributed by atoms with van der Waals surface area (Å²) >= 11 is 0. The number of benzene rings is 2. The van der Waals surface area contributed by atoms with Crippen LogP contribution in [-0.4, -0.2) is 18.2 Å². The van der Waals surface area contributed by atoms with Crippen molar-refractivity contribution >= 4 is 11.0 Å². The van der Waals surface area contributed by atoms with Crippen LogP contribution >= 0.6 is 0 Å². The van der Waals surface area contributed by atoms with Crippen molar-refractivity contribution in [2.45, 2.75) is 32.7 Å². The van der Waals surface area contributed by atoms with E-state index in [0.29, 0.717) is 11.1 Å². The Balaban J connectivity index is 1.88. The Morgan fingerprint density at radius 2 is 1.81 bits per heavy atom. The second-order valence-corrected chi connectivity index (χ2v) is 7.22. The lowest BCUT2D eigenvalue weighted by atomic mass is 9.97. The average Bonchev–Trinajstić information content (AvgIpc) is 2.67. The fourth-order valence-electron chi connectivity index (χ4n) is 4.00. The van der Waals surface area contributed by atoms with Crippen LogP contribution in [0.1, 0.15) is 30.4 Å². The molecule has 0 saturated carbocycles. The Morgan fingerprint density at radius 3 is 2.54 bits per heavy atom. The zero-order valence-corrected chi connectivity index (χ0v) is 15.0. The van der Waals surface area contributed by atoms with Gasteiger partial charge in [-0.1, -0.05) is 30.3 Å². The number of hydrogen-bond acceptors (Lipinski definition) is 3. The van der Waals surface area contributed by atoms with E-state index in [2.05, 4.69) is 0 Å². The SMILES string of the molecule is Cc1c(O)c(C[NH+]2CCCCC2)cc2c(-c3ccccc3)cc(=O)oc12. The smallest absolute Gasteiger partial charge is 0.336 e. The van der Waals surface area contributed by atoms with Crippen LogP contribution in [0.3, 0.4) is 0 Å². The molecule has 0 bridgehead atoms. The third-order valence-corrected chi connectivity index (χ3v) is 5.40. The number of aryl methyl sites for hydroxylation is 1. The number of phenolic OH excluding ortho intramolecular Hbond substituents is 1. The fraction of sp³-hybridized carbons (Fsp3) is 0.318. The van der Waals surface area contributed by atoms with Gasteiger partial charge in [-0.05, 0) is 43.4 Å². The predicted molar refractivity (Wildman–Crippen MR) is 103 cm³/mol. The molecule has 0 atom stereocenters. The zero-order valence-electron chi connectivity index (χ0n) is 15.0. The van der Waals surface area contributed by atoms with Gasteiger partial charge in [0.15, 0.2) is 0 Å². The van der Waals surface area contributed by atoms with Crippen molar-refractivity contribution in [2.24, 2.45) is 0 Å². The molecule has 3 aromatic rings. The molecule has 4 nitrogen and oxygen atoms in total. The van der Waals surface area contributed by atoms with Gasteiger partial charge >= 0.3 is 5.63 Å². The number of fused-ring (bicyclic) bond motifs is 1. The fourth-order valence-corrected chi connectivity index (χ4v) is 4.00. The Morgan fingerprint density at radius 1 is 1.08 bits per heavy atom. The van der Waals surface area contributed by atoms with Crippen LogP contribution in [0.25, 0.3) is 22.1 Å². The summed E-state index contributed by atoms with van der Waals surface area (Å²) in [6, 6.07) is 13.4. The van der Waals surface area contributed by atoms with E-state index in [4.69, 9.17) is 4.42 Å². The minimum atomic E-state index is -0.395. The molecule has 0 spiro atoms. The third kappa shape index (κ3) is 3.13. The molecule has 2 aromatic carbocycles. The number of nitrogens with one attached hydrogen (secondary N) is 1. The largest absolute Gasteiger partial charge is 0.507 e. The number of rotatable bonds is 3. The van der Waals surface area contributed by atoms with Gasteiger partial charge in [0, 0.05) is 22.6 Å². The van der Waals surface area contributed by atoms with E-state index in [1.165, 1.54) is 24.2 Å². The van der Waals surface area contributed by atoms with E-state index >= 15 is 0 Å². The summed E-state index contributed by atoms with van der Waals surface area (Å²) in [5.74, 6) is 0.254. The number of aromatic hydroxyl groups is 1. The second-order valence-electron chi connectivity index (χ2n) is 7.22. The molecule has 1 fully saturated rings. The van der Waals surface area contributed by atoms with Gasteiger partial charge in [-0.2, -0.15) is 0 Å². The molecule has 0 aliphatic carbocycles. The van der Waals surface area contributed by atoms with Crippen LogP contribution in [0, 0.1) is 6.92 Å². The summed E-state index contributed by atoms with van der Waals surface area (Å²) in [5.41, 5.74) is 3.49. The van der Waals surface area contributed by atoms with Crippen molar-refractivity contribution < 1.29 is 14.4 Å². The number of quaternary nitrogens is 1. The van der Waals surface area contributed by atoms with E-state index < -0.39 is 5.63 Å². The molecule has 26 heavy (non-hydrogen) atoms. The Kier molecular flexibility index (Phi) is 4.51. The average molecular weight is 350 g/mol. The van der Waals surface area contributed by atoms with Gasteiger partial charge in [0.1, 0.15) is 17.9 Å². The predicted octanol–water partition coefficient (Wildman–Crippen LogP) is 3.04. The molecule has 1 aliphatic heterocycles. The normalized spacial score (nSPS) is 15.4.